The molecule has 1 saturated heterocycles. The molecule has 1 N–H and O–H groups in total. The molecule has 6 heteroatoms. The molecule has 0 aromatic heterocycles. The van der Waals surface area contributed by atoms with E-state index in [1.165, 1.54) is 4.31 Å². The van der Waals surface area contributed by atoms with Crippen LogP contribution in [-0.4, -0.2) is 38.1 Å². The van der Waals surface area contributed by atoms with Crippen LogP contribution < -0.4 is 4.72 Å². The zero-order chi connectivity index (χ0) is 13.1. The van der Waals surface area contributed by atoms with Crippen LogP contribution >= 0.6 is 0 Å². The average Bonchev–Trinajstić information content (AvgIpc) is 2.26. The standard InChI is InChI=1S/C11H22N2O3S/c1-9(2)11(14)7-12-17(15,16)13-6-4-5-10(3)8-13/h9-10,12H,4-8H2,1-3H3. The van der Waals surface area contributed by atoms with Crippen molar-refractivity contribution in [1.82, 2.24) is 9.03 Å². The summed E-state index contributed by atoms with van der Waals surface area (Å²) >= 11 is 0. The topological polar surface area (TPSA) is 66.5 Å². The quantitative estimate of drug-likeness (QED) is 0.796. The lowest BCUT2D eigenvalue weighted by Gasteiger charge is -2.29. The largest absolute Gasteiger partial charge is 0.298 e. The van der Waals surface area contributed by atoms with Crippen LogP contribution in [0.5, 0.6) is 0 Å². The van der Waals surface area contributed by atoms with Crippen LogP contribution in [0.2, 0.25) is 0 Å². The molecule has 0 radical (unpaired) electrons. The van der Waals surface area contributed by atoms with Crippen molar-refractivity contribution in [2.75, 3.05) is 19.6 Å². The van der Waals surface area contributed by atoms with E-state index < -0.39 is 10.2 Å². The molecule has 0 aromatic rings. The van der Waals surface area contributed by atoms with Crippen LogP contribution in [0.15, 0.2) is 0 Å². The summed E-state index contributed by atoms with van der Waals surface area (Å²) in [7, 11) is -3.48. The fourth-order valence-electron chi connectivity index (χ4n) is 1.82. The molecular formula is C11H22N2O3S. The number of hydrogen-bond donors (Lipinski definition) is 1. The maximum atomic E-state index is 11.9. The van der Waals surface area contributed by atoms with Crippen molar-refractivity contribution in [3.8, 4) is 0 Å². The van der Waals surface area contributed by atoms with E-state index in [2.05, 4.69) is 4.72 Å². The van der Waals surface area contributed by atoms with Crippen molar-refractivity contribution < 1.29 is 13.2 Å². The summed E-state index contributed by atoms with van der Waals surface area (Å²) < 4.78 is 27.7. The molecule has 1 fully saturated rings. The summed E-state index contributed by atoms with van der Waals surface area (Å²) in [6.45, 7) is 6.56. The summed E-state index contributed by atoms with van der Waals surface area (Å²) in [6, 6.07) is 0. The van der Waals surface area contributed by atoms with Gasteiger partial charge in [-0.25, -0.2) is 0 Å². The number of carbonyl (C=O) groups excluding carboxylic acids is 1. The lowest BCUT2D eigenvalue weighted by Crippen LogP contribution is -2.47. The highest BCUT2D eigenvalue weighted by Gasteiger charge is 2.27. The van der Waals surface area contributed by atoms with E-state index in [9.17, 15) is 13.2 Å². The van der Waals surface area contributed by atoms with Crippen molar-refractivity contribution in [3.63, 3.8) is 0 Å². The monoisotopic (exact) mass is 262 g/mol. The van der Waals surface area contributed by atoms with E-state index in [0.29, 0.717) is 19.0 Å². The first-order valence-corrected chi connectivity index (χ1v) is 7.54. The molecule has 1 heterocycles. The maximum absolute atomic E-state index is 11.9. The number of carbonyl (C=O) groups is 1. The predicted molar refractivity (Wildman–Crippen MR) is 66.7 cm³/mol. The Morgan fingerprint density at radius 3 is 2.65 bits per heavy atom. The summed E-state index contributed by atoms with van der Waals surface area (Å²) in [5, 5.41) is 0. The molecule has 1 atom stereocenters. The van der Waals surface area contributed by atoms with Crippen LogP contribution in [0.3, 0.4) is 0 Å². The predicted octanol–water partition coefficient (Wildman–Crippen LogP) is 0.778. The molecule has 1 rings (SSSR count). The Balaban J connectivity index is 2.53. The maximum Gasteiger partial charge on any atom is 0.279 e. The Labute approximate surface area is 104 Å². The van der Waals surface area contributed by atoms with Gasteiger partial charge in [-0.3, -0.25) is 4.79 Å². The Bertz CT molecular complexity index is 365. The number of ketones is 1. The normalized spacial score (nSPS) is 22.9. The van der Waals surface area contributed by atoms with Gasteiger partial charge in [0.1, 0.15) is 5.78 Å². The van der Waals surface area contributed by atoms with Gasteiger partial charge in [0.25, 0.3) is 10.2 Å². The summed E-state index contributed by atoms with van der Waals surface area (Å²) in [4.78, 5) is 11.4. The minimum Gasteiger partial charge on any atom is -0.298 e. The van der Waals surface area contributed by atoms with Gasteiger partial charge in [-0.1, -0.05) is 20.8 Å². The van der Waals surface area contributed by atoms with E-state index in [-0.39, 0.29) is 18.2 Å². The van der Waals surface area contributed by atoms with E-state index in [1.54, 1.807) is 13.8 Å². The number of piperidine rings is 1. The third-order valence-corrected chi connectivity index (χ3v) is 4.55. The van der Waals surface area contributed by atoms with E-state index in [4.69, 9.17) is 0 Å². The van der Waals surface area contributed by atoms with Gasteiger partial charge in [0, 0.05) is 19.0 Å². The third-order valence-electron chi connectivity index (χ3n) is 3.03. The highest BCUT2D eigenvalue weighted by Crippen LogP contribution is 2.17. The van der Waals surface area contributed by atoms with Gasteiger partial charge in [-0.05, 0) is 18.8 Å². The average molecular weight is 262 g/mol. The number of hydrogen-bond acceptors (Lipinski definition) is 3. The molecule has 0 spiro atoms. The van der Waals surface area contributed by atoms with Gasteiger partial charge in [0.05, 0.1) is 6.54 Å². The van der Waals surface area contributed by atoms with Crippen molar-refractivity contribution in [2.24, 2.45) is 11.8 Å². The molecule has 0 amide bonds. The second-order valence-electron chi connectivity index (χ2n) is 5.05. The van der Waals surface area contributed by atoms with Crippen LogP contribution in [-0.2, 0) is 15.0 Å². The lowest BCUT2D eigenvalue weighted by atomic mass is 10.0. The SMILES string of the molecule is CC1CCCN(S(=O)(=O)NCC(=O)C(C)C)C1. The second-order valence-corrected chi connectivity index (χ2v) is 6.81. The minimum absolute atomic E-state index is 0.0846. The van der Waals surface area contributed by atoms with Gasteiger partial charge in [0.2, 0.25) is 0 Å². The molecule has 17 heavy (non-hydrogen) atoms. The molecule has 0 bridgehead atoms. The minimum atomic E-state index is -3.48. The third kappa shape index (κ3) is 4.37. The van der Waals surface area contributed by atoms with Crippen molar-refractivity contribution in [3.05, 3.63) is 0 Å². The van der Waals surface area contributed by atoms with E-state index >= 15 is 0 Å². The first-order chi connectivity index (χ1) is 7.83. The van der Waals surface area contributed by atoms with Gasteiger partial charge in [0.15, 0.2) is 0 Å². The number of rotatable bonds is 5. The van der Waals surface area contributed by atoms with Crippen molar-refractivity contribution >= 4 is 16.0 Å². The zero-order valence-electron chi connectivity index (χ0n) is 10.8. The van der Waals surface area contributed by atoms with Crippen LogP contribution in [0.1, 0.15) is 33.6 Å². The summed E-state index contributed by atoms with van der Waals surface area (Å²) in [5.41, 5.74) is 0. The van der Waals surface area contributed by atoms with Gasteiger partial charge < -0.3 is 0 Å². The number of nitrogens with zero attached hydrogens (tertiary/aromatic N) is 1. The fraction of sp³-hybridized carbons (Fsp3) is 0.909. The second kappa shape index (κ2) is 5.93. The molecule has 100 valence electrons. The van der Waals surface area contributed by atoms with Gasteiger partial charge >= 0.3 is 0 Å². The van der Waals surface area contributed by atoms with E-state index in [1.807, 2.05) is 6.92 Å². The highest BCUT2D eigenvalue weighted by molar-refractivity contribution is 7.87. The number of nitrogens with one attached hydrogen (secondary N) is 1. The summed E-state index contributed by atoms with van der Waals surface area (Å²) in [6.07, 6.45) is 1.96. The lowest BCUT2D eigenvalue weighted by molar-refractivity contribution is -0.120. The van der Waals surface area contributed by atoms with Gasteiger partial charge in [-0.15, -0.1) is 0 Å². The Hall–Kier alpha value is -0.460. The fourth-order valence-corrected chi connectivity index (χ4v) is 3.15. The highest BCUT2D eigenvalue weighted by atomic mass is 32.2. The van der Waals surface area contributed by atoms with Gasteiger partial charge in [-0.2, -0.15) is 17.4 Å². The van der Waals surface area contributed by atoms with Crippen molar-refractivity contribution in [1.29, 1.82) is 0 Å². The Morgan fingerprint density at radius 2 is 2.12 bits per heavy atom. The van der Waals surface area contributed by atoms with Crippen molar-refractivity contribution in [2.45, 2.75) is 33.6 Å². The summed E-state index contributed by atoms with van der Waals surface area (Å²) in [5.74, 6) is 0.165. The molecule has 5 nitrogen and oxygen atoms in total. The molecule has 1 unspecified atom stereocenters. The molecular weight excluding hydrogens is 240 g/mol. The zero-order valence-corrected chi connectivity index (χ0v) is 11.6. The first-order valence-electron chi connectivity index (χ1n) is 6.10. The molecule has 0 saturated carbocycles. The molecule has 1 aliphatic heterocycles. The smallest absolute Gasteiger partial charge is 0.279 e. The van der Waals surface area contributed by atoms with Crippen LogP contribution in [0.4, 0.5) is 0 Å². The molecule has 0 aliphatic carbocycles. The first kappa shape index (κ1) is 14.6. The van der Waals surface area contributed by atoms with Crippen LogP contribution in [0.25, 0.3) is 0 Å². The van der Waals surface area contributed by atoms with Crippen LogP contribution in [0, 0.1) is 11.8 Å². The number of Topliss-reactive ketones (excluding diaryl/α,β-unsaturated/α-hetero) is 1. The Kier molecular flexibility index (Phi) is 5.09. The van der Waals surface area contributed by atoms with E-state index in [0.717, 1.165) is 12.8 Å². The Morgan fingerprint density at radius 1 is 1.47 bits per heavy atom. The molecule has 0 aromatic carbocycles. The molecule has 1 aliphatic rings.